The largest absolute Gasteiger partial charge is 0.489 e. The molecule has 1 saturated carbocycles. The first kappa shape index (κ1) is 22.4. The van der Waals surface area contributed by atoms with Crippen molar-refractivity contribution in [2.75, 3.05) is 18.0 Å². The lowest BCUT2D eigenvalue weighted by Gasteiger charge is -2.29. The fourth-order valence-corrected chi connectivity index (χ4v) is 6.09. The zero-order chi connectivity index (χ0) is 24.6. The van der Waals surface area contributed by atoms with Crippen LogP contribution in [0.1, 0.15) is 51.4 Å². The molecule has 0 bridgehead atoms. The molecule has 6 heteroatoms. The van der Waals surface area contributed by atoms with Gasteiger partial charge in [-0.1, -0.05) is 18.6 Å². The van der Waals surface area contributed by atoms with Gasteiger partial charge >= 0.3 is 0 Å². The van der Waals surface area contributed by atoms with Gasteiger partial charge in [-0.05, 0) is 86.9 Å². The molecule has 2 fully saturated rings. The Hall–Kier alpha value is -3.80. The minimum atomic E-state index is 0.311. The highest BCUT2D eigenvalue weighted by Gasteiger charge is 2.18. The van der Waals surface area contributed by atoms with Crippen LogP contribution in [0.3, 0.4) is 0 Å². The Labute approximate surface area is 217 Å². The van der Waals surface area contributed by atoms with Crippen molar-refractivity contribution < 1.29 is 4.74 Å². The van der Waals surface area contributed by atoms with Crippen LogP contribution in [0.4, 0.5) is 5.69 Å². The molecule has 0 amide bonds. The second-order valence-corrected chi connectivity index (χ2v) is 10.6. The molecule has 2 N–H and O–H groups in total. The fourth-order valence-electron chi connectivity index (χ4n) is 6.09. The second kappa shape index (κ2) is 9.58. The van der Waals surface area contributed by atoms with Crippen LogP contribution in [0.5, 0.6) is 5.75 Å². The molecule has 4 heterocycles. The van der Waals surface area contributed by atoms with Crippen molar-refractivity contribution in [2.45, 2.75) is 57.5 Å². The summed E-state index contributed by atoms with van der Waals surface area (Å²) in [4.78, 5) is 10.7. The zero-order valence-corrected chi connectivity index (χ0v) is 21.2. The van der Waals surface area contributed by atoms with Crippen LogP contribution in [0, 0.1) is 0 Å². The van der Waals surface area contributed by atoms with Crippen molar-refractivity contribution in [3.05, 3.63) is 60.9 Å². The first-order valence-electron chi connectivity index (χ1n) is 13.8. The Morgan fingerprint density at radius 3 is 2.54 bits per heavy atom. The molecule has 5 aromatic rings. The van der Waals surface area contributed by atoms with Crippen molar-refractivity contribution in [3.63, 3.8) is 0 Å². The van der Waals surface area contributed by atoms with Gasteiger partial charge in [-0.15, -0.1) is 0 Å². The van der Waals surface area contributed by atoms with Crippen molar-refractivity contribution in [1.82, 2.24) is 20.2 Å². The third-order valence-corrected chi connectivity index (χ3v) is 8.06. The van der Waals surface area contributed by atoms with E-state index >= 15 is 0 Å². The summed E-state index contributed by atoms with van der Waals surface area (Å²) in [5.41, 5.74) is 7.66. The van der Waals surface area contributed by atoms with E-state index in [1.54, 1.807) is 0 Å². The molecule has 0 atom stereocenters. The molecule has 2 aromatic carbocycles. The maximum absolute atomic E-state index is 6.29. The summed E-state index contributed by atoms with van der Waals surface area (Å²) >= 11 is 0. The van der Waals surface area contributed by atoms with Crippen LogP contribution in [0.15, 0.2) is 60.9 Å². The van der Waals surface area contributed by atoms with Gasteiger partial charge in [0.05, 0.1) is 23.5 Å². The van der Waals surface area contributed by atoms with E-state index in [0.717, 1.165) is 70.6 Å². The van der Waals surface area contributed by atoms with Crippen molar-refractivity contribution in [1.29, 1.82) is 0 Å². The lowest BCUT2D eigenvalue weighted by Crippen LogP contribution is -2.29. The Balaban J connectivity index is 1.23. The van der Waals surface area contributed by atoms with Crippen LogP contribution < -0.4 is 9.64 Å². The summed E-state index contributed by atoms with van der Waals surface area (Å²) in [5, 5.41) is 10.3. The highest BCUT2D eigenvalue weighted by atomic mass is 16.5. The number of anilines is 1. The Morgan fingerprint density at radius 2 is 1.65 bits per heavy atom. The molecule has 0 spiro atoms. The predicted molar refractivity (Wildman–Crippen MR) is 150 cm³/mol. The van der Waals surface area contributed by atoms with E-state index in [-0.39, 0.29) is 0 Å². The van der Waals surface area contributed by atoms with E-state index < -0.39 is 0 Å². The van der Waals surface area contributed by atoms with Crippen LogP contribution in [0.2, 0.25) is 0 Å². The number of hydrogen-bond acceptors (Lipinski definition) is 4. The van der Waals surface area contributed by atoms with Gasteiger partial charge < -0.3 is 14.6 Å². The third kappa shape index (κ3) is 4.35. The number of H-pyrrole nitrogens is 2. The van der Waals surface area contributed by atoms with Crippen LogP contribution >= 0.6 is 0 Å². The molecule has 0 unspecified atom stereocenters. The van der Waals surface area contributed by atoms with Crippen LogP contribution in [-0.4, -0.2) is 39.4 Å². The minimum Gasteiger partial charge on any atom is -0.489 e. The van der Waals surface area contributed by atoms with Crippen molar-refractivity contribution in [2.24, 2.45) is 0 Å². The predicted octanol–water partition coefficient (Wildman–Crippen LogP) is 7.48. The Morgan fingerprint density at radius 1 is 0.784 bits per heavy atom. The molecule has 1 aliphatic heterocycles. The average molecular weight is 492 g/mol. The summed E-state index contributed by atoms with van der Waals surface area (Å²) in [6.07, 6.45) is 14.0. The van der Waals surface area contributed by atoms with E-state index in [2.05, 4.69) is 68.5 Å². The summed E-state index contributed by atoms with van der Waals surface area (Å²) in [7, 11) is 0. The van der Waals surface area contributed by atoms with Crippen molar-refractivity contribution in [3.8, 4) is 28.3 Å². The van der Waals surface area contributed by atoms with E-state index in [4.69, 9.17) is 9.84 Å². The van der Waals surface area contributed by atoms with E-state index in [1.807, 2.05) is 12.4 Å². The number of fused-ring (bicyclic) bond motifs is 2. The monoisotopic (exact) mass is 491 g/mol. The molecule has 7 rings (SSSR count). The first-order valence-corrected chi connectivity index (χ1v) is 13.8. The van der Waals surface area contributed by atoms with Gasteiger partial charge in [0.1, 0.15) is 11.4 Å². The average Bonchev–Trinajstić information content (AvgIpc) is 3.58. The highest BCUT2D eigenvalue weighted by molar-refractivity contribution is 6.01. The number of piperidine rings is 1. The number of nitrogens with one attached hydrogen (secondary N) is 2. The molecule has 0 radical (unpaired) electrons. The first-order chi connectivity index (χ1) is 18.3. The summed E-state index contributed by atoms with van der Waals surface area (Å²) in [5.74, 6) is 0.859. The maximum atomic E-state index is 6.29. The smallest absolute Gasteiger partial charge is 0.138 e. The number of nitrogens with zero attached hydrogens (tertiary/aromatic N) is 3. The summed E-state index contributed by atoms with van der Waals surface area (Å²) in [6, 6.07) is 17.4. The minimum absolute atomic E-state index is 0.311. The molecule has 3 aromatic heterocycles. The fraction of sp³-hybridized carbons (Fsp3) is 0.355. The third-order valence-electron chi connectivity index (χ3n) is 8.06. The SMILES string of the molecule is c1cc(N2CCCCC2)c2cc(-c3n[nH]c4ccc(-c5cncc(OC6CCCCC6)c5)cc34)[nH]c2c1. The Bertz CT molecular complexity index is 1540. The normalized spacial score (nSPS) is 17.0. The number of aromatic amines is 2. The lowest BCUT2D eigenvalue weighted by atomic mass is 9.98. The standard InChI is InChI=1S/C31H33N5O/c1-3-8-23(9-4-1)37-24-16-22(19-32-20-24)21-12-13-28-26(17-21)31(35-34-28)29-18-25-27(33-29)10-7-11-30(25)36-14-5-2-6-15-36/h7,10-13,16-20,23,33H,1-6,8-9,14-15H2,(H,34,35). The van der Waals surface area contributed by atoms with Gasteiger partial charge in [-0.3, -0.25) is 10.1 Å². The maximum Gasteiger partial charge on any atom is 0.138 e. The number of ether oxygens (including phenoxy) is 1. The molecular weight excluding hydrogens is 458 g/mol. The van der Waals surface area contributed by atoms with Gasteiger partial charge in [0.15, 0.2) is 0 Å². The van der Waals surface area contributed by atoms with E-state index in [1.165, 1.54) is 49.6 Å². The number of hydrogen-bond donors (Lipinski definition) is 2. The van der Waals surface area contributed by atoms with Crippen LogP contribution in [-0.2, 0) is 0 Å². The molecule has 1 aliphatic carbocycles. The number of aromatic nitrogens is 4. The van der Waals surface area contributed by atoms with Gasteiger partial charge in [-0.25, -0.2) is 0 Å². The summed E-state index contributed by atoms with van der Waals surface area (Å²) in [6.45, 7) is 2.26. The number of benzene rings is 2. The molecular formula is C31H33N5O. The van der Waals surface area contributed by atoms with Gasteiger partial charge in [0.2, 0.25) is 0 Å². The highest BCUT2D eigenvalue weighted by Crippen LogP contribution is 2.36. The molecule has 6 nitrogen and oxygen atoms in total. The number of rotatable bonds is 5. The van der Waals surface area contributed by atoms with Gasteiger partial charge in [0.25, 0.3) is 0 Å². The zero-order valence-electron chi connectivity index (χ0n) is 21.2. The molecule has 37 heavy (non-hydrogen) atoms. The Kier molecular flexibility index (Phi) is 5.80. The van der Waals surface area contributed by atoms with E-state index in [0.29, 0.717) is 6.10 Å². The van der Waals surface area contributed by atoms with Gasteiger partial charge in [-0.2, -0.15) is 5.10 Å². The van der Waals surface area contributed by atoms with Crippen molar-refractivity contribution >= 4 is 27.5 Å². The molecule has 1 saturated heterocycles. The second-order valence-electron chi connectivity index (χ2n) is 10.6. The summed E-state index contributed by atoms with van der Waals surface area (Å²) < 4.78 is 6.29. The molecule has 188 valence electrons. The van der Waals surface area contributed by atoms with Gasteiger partial charge in [0, 0.05) is 46.8 Å². The molecule has 2 aliphatic rings. The quantitative estimate of drug-likeness (QED) is 0.267. The van der Waals surface area contributed by atoms with Crippen LogP contribution in [0.25, 0.3) is 44.3 Å². The topological polar surface area (TPSA) is 69.8 Å². The lowest BCUT2D eigenvalue weighted by molar-refractivity contribution is 0.154. The number of pyridine rings is 1. The van der Waals surface area contributed by atoms with E-state index in [9.17, 15) is 0 Å².